The van der Waals surface area contributed by atoms with E-state index in [2.05, 4.69) is 21.8 Å². The Labute approximate surface area is 193 Å². The van der Waals surface area contributed by atoms with Crippen molar-refractivity contribution in [1.82, 2.24) is 14.9 Å². The molecule has 1 aromatic carbocycles. The van der Waals surface area contributed by atoms with E-state index in [1.54, 1.807) is 11.3 Å². The summed E-state index contributed by atoms with van der Waals surface area (Å²) in [5.74, 6) is 0.765. The monoisotopic (exact) mass is 459 g/mol. The zero-order valence-electron chi connectivity index (χ0n) is 18.4. The van der Waals surface area contributed by atoms with Crippen LogP contribution in [0.15, 0.2) is 48.0 Å². The predicted octanol–water partition coefficient (Wildman–Crippen LogP) is 5.25. The number of aryl methyl sites for hydroxylation is 1. The highest BCUT2D eigenvalue weighted by Gasteiger charge is 2.35. The normalized spacial score (nSPS) is 13.2. The van der Waals surface area contributed by atoms with E-state index in [9.17, 15) is 4.79 Å². The van der Waals surface area contributed by atoms with Gasteiger partial charge in [-0.25, -0.2) is 4.98 Å². The van der Waals surface area contributed by atoms with E-state index in [0.717, 1.165) is 46.2 Å². The summed E-state index contributed by atoms with van der Waals surface area (Å²) in [5.41, 5.74) is 1.24. The number of thiophene rings is 1. The minimum Gasteiger partial charge on any atom is -0.468 e. The minimum atomic E-state index is -0.831. The van der Waals surface area contributed by atoms with E-state index < -0.39 is 5.54 Å². The number of unbranched alkanes of at least 4 members (excludes halogenated alkanes) is 1. The molecule has 0 aliphatic heterocycles. The first-order valence-electron chi connectivity index (χ1n) is 10.6. The number of halogens is 1. The molecule has 0 radical (unpaired) electrons. The lowest BCUT2D eigenvalue weighted by Gasteiger charge is -2.28. The number of rotatable bonds is 11. The number of carbonyl (C=O) groups is 1. The highest BCUT2D eigenvalue weighted by molar-refractivity contribution is 7.09. The van der Waals surface area contributed by atoms with Crippen LogP contribution in [0.25, 0.3) is 0 Å². The Hall–Kier alpha value is -2.15. The summed E-state index contributed by atoms with van der Waals surface area (Å²) in [4.78, 5) is 18.4. The maximum atomic E-state index is 12.6. The van der Waals surface area contributed by atoms with Gasteiger partial charge in [0.2, 0.25) is 0 Å². The number of hydrogen-bond donors (Lipinski definition) is 1. The second-order valence-electron chi connectivity index (χ2n) is 7.88. The van der Waals surface area contributed by atoms with Gasteiger partial charge in [-0.2, -0.15) is 0 Å². The van der Waals surface area contributed by atoms with Gasteiger partial charge in [-0.15, -0.1) is 11.3 Å². The molecule has 31 heavy (non-hydrogen) atoms. The van der Waals surface area contributed by atoms with Crippen LogP contribution in [0.2, 0.25) is 5.02 Å². The summed E-state index contributed by atoms with van der Waals surface area (Å²) in [6.45, 7) is 5.22. The molecule has 2 aromatic heterocycles. The number of nitrogens with one attached hydrogen (secondary N) is 1. The van der Waals surface area contributed by atoms with Crippen LogP contribution in [-0.2, 0) is 35.5 Å². The number of hydrogen-bond acceptors (Lipinski definition) is 5. The standard InChI is InChI=1S/C24H30ClN3O2S/c1-4-5-12-22-26-15-19(28(22)17-18-9-6-7-11-21(18)25)16-27-24(2,23(29)30-3)14-20-10-8-13-31-20/h6-11,13,15,27H,4-5,12,14,16-17H2,1-3H3. The fourth-order valence-electron chi connectivity index (χ4n) is 3.60. The van der Waals surface area contributed by atoms with Crippen molar-refractivity contribution in [3.05, 3.63) is 75.0 Å². The quantitative estimate of drug-likeness (QED) is 0.398. The van der Waals surface area contributed by atoms with Crippen LogP contribution in [0.1, 0.15) is 48.6 Å². The number of esters is 1. The molecular formula is C24H30ClN3O2S. The molecule has 0 spiro atoms. The van der Waals surface area contributed by atoms with Crippen LogP contribution >= 0.6 is 22.9 Å². The van der Waals surface area contributed by atoms with Gasteiger partial charge in [-0.05, 0) is 36.4 Å². The van der Waals surface area contributed by atoms with Crippen molar-refractivity contribution in [3.63, 3.8) is 0 Å². The topological polar surface area (TPSA) is 56.1 Å². The van der Waals surface area contributed by atoms with Crippen molar-refractivity contribution in [2.24, 2.45) is 0 Å². The highest BCUT2D eigenvalue weighted by Crippen LogP contribution is 2.22. The van der Waals surface area contributed by atoms with Gasteiger partial charge in [-0.3, -0.25) is 10.1 Å². The Morgan fingerprint density at radius 2 is 2.10 bits per heavy atom. The van der Waals surface area contributed by atoms with Crippen molar-refractivity contribution in [2.75, 3.05) is 7.11 Å². The lowest BCUT2D eigenvalue weighted by molar-refractivity contribution is -0.148. The fourth-order valence-corrected chi connectivity index (χ4v) is 4.66. The Balaban J connectivity index is 1.84. The SMILES string of the molecule is CCCCc1ncc(CNC(C)(Cc2cccs2)C(=O)OC)n1Cc1ccccc1Cl. The first kappa shape index (κ1) is 23.5. The van der Waals surface area contributed by atoms with E-state index in [1.165, 1.54) is 7.11 Å². The van der Waals surface area contributed by atoms with Crippen LogP contribution in [0.3, 0.4) is 0 Å². The third-order valence-electron chi connectivity index (χ3n) is 5.46. The second kappa shape index (κ2) is 10.9. The number of aromatic nitrogens is 2. The van der Waals surface area contributed by atoms with E-state index in [-0.39, 0.29) is 5.97 Å². The third-order valence-corrected chi connectivity index (χ3v) is 6.71. The fraction of sp³-hybridized carbons (Fsp3) is 0.417. The summed E-state index contributed by atoms with van der Waals surface area (Å²) in [5, 5.41) is 6.21. The van der Waals surface area contributed by atoms with Gasteiger partial charge in [0.15, 0.2) is 0 Å². The summed E-state index contributed by atoms with van der Waals surface area (Å²) in [7, 11) is 1.43. The van der Waals surface area contributed by atoms with E-state index in [4.69, 9.17) is 16.3 Å². The van der Waals surface area contributed by atoms with Crippen molar-refractivity contribution in [1.29, 1.82) is 0 Å². The van der Waals surface area contributed by atoms with Crippen LogP contribution < -0.4 is 5.32 Å². The van der Waals surface area contributed by atoms with Crippen molar-refractivity contribution < 1.29 is 9.53 Å². The first-order chi connectivity index (χ1) is 15.0. The van der Waals surface area contributed by atoms with Gasteiger partial charge in [0.1, 0.15) is 11.4 Å². The molecule has 7 heteroatoms. The zero-order chi connectivity index (χ0) is 22.3. The van der Waals surface area contributed by atoms with Crippen molar-refractivity contribution in [3.8, 4) is 0 Å². The van der Waals surface area contributed by atoms with Crippen LogP contribution in [0.4, 0.5) is 0 Å². The van der Waals surface area contributed by atoms with Crippen molar-refractivity contribution in [2.45, 2.75) is 58.2 Å². The summed E-state index contributed by atoms with van der Waals surface area (Å²) < 4.78 is 7.33. The van der Waals surface area contributed by atoms with Gasteiger partial charge >= 0.3 is 5.97 Å². The Bertz CT molecular complexity index is 987. The van der Waals surface area contributed by atoms with Gasteiger partial charge in [0.05, 0.1) is 19.3 Å². The molecule has 3 aromatic rings. The largest absolute Gasteiger partial charge is 0.468 e. The van der Waals surface area contributed by atoms with Gasteiger partial charge in [0, 0.05) is 35.5 Å². The molecule has 5 nitrogen and oxygen atoms in total. The van der Waals surface area contributed by atoms with Crippen molar-refractivity contribution >= 4 is 28.9 Å². The number of methoxy groups -OCH3 is 1. The average Bonchev–Trinajstić information content (AvgIpc) is 3.41. The molecule has 0 aliphatic rings. The molecular weight excluding hydrogens is 430 g/mol. The van der Waals surface area contributed by atoms with Gasteiger partial charge in [0.25, 0.3) is 0 Å². The summed E-state index contributed by atoms with van der Waals surface area (Å²) in [6, 6.07) is 11.9. The molecule has 0 aliphatic carbocycles. The molecule has 1 atom stereocenters. The molecule has 0 saturated carbocycles. The number of carbonyl (C=O) groups excluding carboxylic acids is 1. The average molecular weight is 460 g/mol. The molecule has 0 saturated heterocycles. The highest BCUT2D eigenvalue weighted by atomic mass is 35.5. The third kappa shape index (κ3) is 5.97. The molecule has 3 rings (SSSR count). The molecule has 1 unspecified atom stereocenters. The molecule has 1 N–H and O–H groups in total. The van der Waals surface area contributed by atoms with Crippen LogP contribution in [-0.4, -0.2) is 28.2 Å². The number of nitrogens with zero attached hydrogens (tertiary/aromatic N) is 2. The lowest BCUT2D eigenvalue weighted by Crippen LogP contribution is -2.51. The van der Waals surface area contributed by atoms with Gasteiger partial charge in [-0.1, -0.05) is 49.2 Å². The minimum absolute atomic E-state index is 0.274. The Kier molecular flexibility index (Phi) is 8.29. The number of ether oxygens (including phenoxy) is 1. The molecule has 0 amide bonds. The maximum absolute atomic E-state index is 12.6. The molecule has 0 bridgehead atoms. The predicted molar refractivity (Wildman–Crippen MR) is 127 cm³/mol. The Morgan fingerprint density at radius 1 is 1.29 bits per heavy atom. The molecule has 2 heterocycles. The van der Waals surface area contributed by atoms with E-state index >= 15 is 0 Å². The summed E-state index contributed by atoms with van der Waals surface area (Å²) in [6.07, 6.45) is 5.55. The second-order valence-corrected chi connectivity index (χ2v) is 9.32. The van der Waals surface area contributed by atoms with Gasteiger partial charge < -0.3 is 9.30 Å². The van der Waals surface area contributed by atoms with Crippen LogP contribution in [0.5, 0.6) is 0 Å². The van der Waals surface area contributed by atoms with Crippen LogP contribution in [0, 0.1) is 0 Å². The van der Waals surface area contributed by atoms with E-state index in [0.29, 0.717) is 19.5 Å². The molecule has 0 fully saturated rings. The number of benzene rings is 1. The zero-order valence-corrected chi connectivity index (χ0v) is 19.9. The number of imidazole rings is 1. The lowest BCUT2D eigenvalue weighted by atomic mass is 9.96. The smallest absolute Gasteiger partial charge is 0.326 e. The molecule has 166 valence electrons. The Morgan fingerprint density at radius 3 is 2.77 bits per heavy atom. The summed E-state index contributed by atoms with van der Waals surface area (Å²) >= 11 is 8.07. The first-order valence-corrected chi connectivity index (χ1v) is 11.8. The maximum Gasteiger partial charge on any atom is 0.326 e. The van der Waals surface area contributed by atoms with E-state index in [1.807, 2.05) is 54.9 Å².